The van der Waals surface area contributed by atoms with E-state index in [0.29, 0.717) is 22.9 Å². The first-order valence-electron chi connectivity index (χ1n) is 4.63. The molecule has 0 aliphatic heterocycles. The van der Waals surface area contributed by atoms with Gasteiger partial charge in [0.05, 0.1) is 5.56 Å². The molecule has 0 atom stereocenters. The fraction of sp³-hybridized carbons (Fsp3) is 0.0833. The molecular weight excluding hydrogens is 242 g/mol. The molecule has 0 N–H and O–H groups in total. The van der Waals surface area contributed by atoms with Gasteiger partial charge in [0, 0.05) is 11.1 Å². The van der Waals surface area contributed by atoms with Gasteiger partial charge in [0.2, 0.25) is 0 Å². The third-order valence-corrected chi connectivity index (χ3v) is 3.01. The van der Waals surface area contributed by atoms with Crippen molar-refractivity contribution >= 4 is 22.9 Å². The highest BCUT2D eigenvalue weighted by Crippen LogP contribution is 2.23. The van der Waals surface area contributed by atoms with Crippen molar-refractivity contribution < 1.29 is 4.74 Å². The van der Waals surface area contributed by atoms with Crippen molar-refractivity contribution in [1.82, 2.24) is 0 Å². The summed E-state index contributed by atoms with van der Waals surface area (Å²) in [5.74, 6) is 0.529. The Kier molecular flexibility index (Phi) is 3.45. The summed E-state index contributed by atoms with van der Waals surface area (Å²) in [4.78, 5) is 0. The van der Waals surface area contributed by atoms with E-state index in [-0.39, 0.29) is 0 Å². The third kappa shape index (κ3) is 2.54. The monoisotopic (exact) mass is 249 g/mol. The van der Waals surface area contributed by atoms with Crippen LogP contribution in [-0.4, -0.2) is 0 Å². The molecule has 2 nitrogen and oxygen atoms in total. The van der Waals surface area contributed by atoms with Gasteiger partial charge in [-0.2, -0.15) is 16.6 Å². The summed E-state index contributed by atoms with van der Waals surface area (Å²) < 4.78 is 5.55. The predicted molar refractivity (Wildman–Crippen MR) is 64.8 cm³/mol. The first kappa shape index (κ1) is 11.0. The molecule has 0 saturated carbocycles. The maximum atomic E-state index is 8.90. The number of rotatable bonds is 3. The van der Waals surface area contributed by atoms with Crippen LogP contribution in [0.25, 0.3) is 0 Å². The number of benzene rings is 1. The molecule has 2 aromatic rings. The maximum Gasteiger partial charge on any atom is 0.139 e. The van der Waals surface area contributed by atoms with Gasteiger partial charge in [-0.25, -0.2) is 0 Å². The largest absolute Gasteiger partial charge is 0.487 e. The minimum Gasteiger partial charge on any atom is -0.487 e. The van der Waals surface area contributed by atoms with Crippen molar-refractivity contribution in [3.63, 3.8) is 0 Å². The first-order valence-corrected chi connectivity index (χ1v) is 5.95. The maximum absolute atomic E-state index is 8.90. The van der Waals surface area contributed by atoms with E-state index in [1.807, 2.05) is 16.8 Å². The van der Waals surface area contributed by atoms with Crippen LogP contribution in [0.15, 0.2) is 35.0 Å². The molecule has 16 heavy (non-hydrogen) atoms. The van der Waals surface area contributed by atoms with Crippen LogP contribution in [0.3, 0.4) is 0 Å². The molecular formula is C12H8ClNOS. The van der Waals surface area contributed by atoms with E-state index in [9.17, 15) is 0 Å². The Bertz CT molecular complexity index is 516. The smallest absolute Gasteiger partial charge is 0.139 e. The van der Waals surface area contributed by atoms with E-state index in [1.54, 1.807) is 29.5 Å². The van der Waals surface area contributed by atoms with E-state index < -0.39 is 0 Å². The van der Waals surface area contributed by atoms with Crippen molar-refractivity contribution in [2.45, 2.75) is 6.61 Å². The molecule has 0 saturated heterocycles. The summed E-state index contributed by atoms with van der Waals surface area (Å²) in [6.07, 6.45) is 0. The number of nitriles is 1. The average Bonchev–Trinajstić information content (AvgIpc) is 2.79. The molecule has 0 fully saturated rings. The van der Waals surface area contributed by atoms with Gasteiger partial charge in [0.1, 0.15) is 18.4 Å². The summed E-state index contributed by atoms with van der Waals surface area (Å²) in [7, 11) is 0. The molecule has 0 aliphatic carbocycles. The molecule has 1 aromatic carbocycles. The normalized spacial score (nSPS) is 9.75. The lowest BCUT2D eigenvalue weighted by molar-refractivity contribution is 0.306. The Labute approximate surface area is 103 Å². The van der Waals surface area contributed by atoms with Crippen LogP contribution in [-0.2, 0) is 6.61 Å². The predicted octanol–water partition coefficient (Wildman–Crippen LogP) is 3.85. The van der Waals surface area contributed by atoms with Crippen molar-refractivity contribution in [2.75, 3.05) is 0 Å². The van der Waals surface area contributed by atoms with Gasteiger partial charge in [-0.15, -0.1) is 0 Å². The lowest BCUT2D eigenvalue weighted by Gasteiger charge is -2.06. The minimum absolute atomic E-state index is 0.457. The highest BCUT2D eigenvalue weighted by atomic mass is 35.5. The van der Waals surface area contributed by atoms with Gasteiger partial charge in [-0.1, -0.05) is 11.6 Å². The highest BCUT2D eigenvalue weighted by Gasteiger charge is 2.04. The number of hydrogen-bond acceptors (Lipinski definition) is 3. The van der Waals surface area contributed by atoms with Crippen molar-refractivity contribution in [3.05, 3.63) is 51.2 Å². The number of ether oxygens (including phenoxy) is 1. The Morgan fingerprint density at radius 3 is 2.94 bits per heavy atom. The van der Waals surface area contributed by atoms with E-state index in [0.717, 1.165) is 5.56 Å². The fourth-order valence-electron chi connectivity index (χ4n) is 1.24. The zero-order valence-electron chi connectivity index (χ0n) is 8.31. The lowest BCUT2D eigenvalue weighted by atomic mass is 10.2. The Hall–Kier alpha value is -1.50. The summed E-state index contributed by atoms with van der Waals surface area (Å²) in [6.45, 7) is 0.457. The van der Waals surface area contributed by atoms with Crippen LogP contribution in [0.4, 0.5) is 0 Å². The second kappa shape index (κ2) is 5.02. The second-order valence-electron chi connectivity index (χ2n) is 3.17. The SMILES string of the molecule is N#Cc1ccc(Cl)cc1OCc1ccsc1. The van der Waals surface area contributed by atoms with E-state index in [2.05, 4.69) is 6.07 Å². The third-order valence-electron chi connectivity index (χ3n) is 2.04. The number of halogens is 1. The molecule has 0 spiro atoms. The van der Waals surface area contributed by atoms with Gasteiger partial charge in [-0.3, -0.25) is 0 Å². The molecule has 1 heterocycles. The second-order valence-corrected chi connectivity index (χ2v) is 4.39. The molecule has 0 bridgehead atoms. The number of hydrogen-bond donors (Lipinski definition) is 0. The topological polar surface area (TPSA) is 33.0 Å². The average molecular weight is 250 g/mol. The van der Waals surface area contributed by atoms with Crippen LogP contribution in [0.2, 0.25) is 5.02 Å². The Morgan fingerprint density at radius 1 is 1.38 bits per heavy atom. The zero-order chi connectivity index (χ0) is 11.4. The number of thiophene rings is 1. The van der Waals surface area contributed by atoms with Gasteiger partial charge in [-0.05, 0) is 34.5 Å². The van der Waals surface area contributed by atoms with Gasteiger partial charge < -0.3 is 4.74 Å². The van der Waals surface area contributed by atoms with Crippen LogP contribution < -0.4 is 4.74 Å². The van der Waals surface area contributed by atoms with Gasteiger partial charge in [0.25, 0.3) is 0 Å². The summed E-state index contributed by atoms with van der Waals surface area (Å²) >= 11 is 7.46. The van der Waals surface area contributed by atoms with Crippen LogP contribution >= 0.6 is 22.9 Å². The zero-order valence-corrected chi connectivity index (χ0v) is 9.89. The molecule has 1 aromatic heterocycles. The summed E-state index contributed by atoms with van der Waals surface area (Å²) in [5.41, 5.74) is 1.59. The molecule has 2 rings (SSSR count). The van der Waals surface area contributed by atoms with Crippen LogP contribution in [0, 0.1) is 11.3 Å². The molecule has 4 heteroatoms. The highest BCUT2D eigenvalue weighted by molar-refractivity contribution is 7.07. The van der Waals surface area contributed by atoms with Crippen LogP contribution in [0.1, 0.15) is 11.1 Å². The lowest BCUT2D eigenvalue weighted by Crippen LogP contribution is -1.95. The molecule has 0 radical (unpaired) electrons. The molecule has 0 amide bonds. The standard InChI is InChI=1S/C12H8ClNOS/c13-11-2-1-10(6-14)12(5-11)15-7-9-3-4-16-8-9/h1-5,8H,7H2. The first-order chi connectivity index (χ1) is 7.79. The van der Waals surface area contributed by atoms with Crippen molar-refractivity contribution in [2.24, 2.45) is 0 Å². The minimum atomic E-state index is 0.457. The molecule has 80 valence electrons. The Morgan fingerprint density at radius 2 is 2.25 bits per heavy atom. The number of nitrogens with zero attached hydrogens (tertiary/aromatic N) is 1. The summed E-state index contributed by atoms with van der Waals surface area (Å²) in [6, 6.07) is 9.05. The summed E-state index contributed by atoms with van der Waals surface area (Å²) in [5, 5.41) is 13.5. The van der Waals surface area contributed by atoms with Gasteiger partial charge in [0.15, 0.2) is 0 Å². The van der Waals surface area contributed by atoms with Crippen LogP contribution in [0.5, 0.6) is 5.75 Å². The molecule has 0 unspecified atom stereocenters. The van der Waals surface area contributed by atoms with Crippen molar-refractivity contribution in [3.8, 4) is 11.8 Å². The Balaban J connectivity index is 2.15. The van der Waals surface area contributed by atoms with E-state index in [4.69, 9.17) is 21.6 Å². The fourth-order valence-corrected chi connectivity index (χ4v) is 2.06. The van der Waals surface area contributed by atoms with E-state index in [1.165, 1.54) is 0 Å². The molecule has 0 aliphatic rings. The quantitative estimate of drug-likeness (QED) is 0.828. The van der Waals surface area contributed by atoms with Crippen molar-refractivity contribution in [1.29, 1.82) is 5.26 Å². The van der Waals surface area contributed by atoms with E-state index >= 15 is 0 Å². The van der Waals surface area contributed by atoms with Gasteiger partial charge >= 0.3 is 0 Å².